The Morgan fingerprint density at radius 1 is 0.900 bits per heavy atom. The van der Waals surface area contributed by atoms with Crippen LogP contribution in [0.2, 0.25) is 0 Å². The van der Waals surface area contributed by atoms with Crippen LogP contribution in [0.4, 0.5) is 0 Å². The summed E-state index contributed by atoms with van der Waals surface area (Å²) >= 11 is 0. The van der Waals surface area contributed by atoms with Gasteiger partial charge < -0.3 is 0 Å². The normalized spacial score (nSPS) is 12.5. The van der Waals surface area contributed by atoms with E-state index in [4.69, 9.17) is 0 Å². The molecule has 0 atom stereocenters. The van der Waals surface area contributed by atoms with Crippen molar-refractivity contribution in [2.24, 2.45) is 15.9 Å². The van der Waals surface area contributed by atoms with Gasteiger partial charge >= 0.3 is 0 Å². The molecule has 0 spiro atoms. The van der Waals surface area contributed by atoms with Gasteiger partial charge in [-0.1, -0.05) is 65.2 Å². The summed E-state index contributed by atoms with van der Waals surface area (Å²) in [4.78, 5) is 8.22. The second-order valence-electron chi connectivity index (χ2n) is 5.65. The van der Waals surface area contributed by atoms with Gasteiger partial charge in [0, 0.05) is 18.1 Å². The number of rotatable bonds is 13. The molecule has 0 radical (unpaired) electrons. The van der Waals surface area contributed by atoms with Crippen molar-refractivity contribution in [1.82, 2.24) is 0 Å². The summed E-state index contributed by atoms with van der Waals surface area (Å²) in [5.41, 5.74) is 1.26. The maximum Gasteiger partial charge on any atom is 0.0450 e. The molecule has 0 aromatic rings. The number of hydrogen-bond donors (Lipinski definition) is 0. The minimum Gasteiger partial charge on any atom is -0.271 e. The summed E-state index contributed by atoms with van der Waals surface area (Å²) in [7, 11) is 0. The Hall–Kier alpha value is -0.920. The second kappa shape index (κ2) is 14.5. The lowest BCUT2D eigenvalue weighted by molar-refractivity contribution is 0.492. The third-order valence-electron chi connectivity index (χ3n) is 3.85. The molecule has 0 aliphatic rings. The molecule has 0 heterocycles. The van der Waals surface area contributed by atoms with Crippen molar-refractivity contribution in [2.45, 2.75) is 85.0 Å². The van der Waals surface area contributed by atoms with E-state index in [1.54, 1.807) is 12.4 Å². The number of aliphatic imine (C=N–C) groups is 2. The smallest absolute Gasteiger partial charge is 0.0450 e. The number of unbranched alkanes of at least 4 members (excludes halogenated alkanes) is 6. The first-order chi connectivity index (χ1) is 9.76. The molecule has 0 aromatic heterocycles. The lowest BCUT2D eigenvalue weighted by Gasteiger charge is -2.16. The first kappa shape index (κ1) is 19.1. The molecule has 0 unspecified atom stereocenters. The van der Waals surface area contributed by atoms with E-state index in [0.29, 0.717) is 5.92 Å². The van der Waals surface area contributed by atoms with Crippen molar-refractivity contribution in [1.29, 1.82) is 0 Å². The van der Waals surface area contributed by atoms with Crippen LogP contribution in [0, 0.1) is 5.92 Å². The van der Waals surface area contributed by atoms with Gasteiger partial charge in [0.05, 0.1) is 0 Å². The molecule has 0 saturated heterocycles. The monoisotopic (exact) mass is 278 g/mol. The molecule has 0 aliphatic carbocycles. The molecule has 20 heavy (non-hydrogen) atoms. The summed E-state index contributed by atoms with van der Waals surface area (Å²) < 4.78 is 0. The van der Waals surface area contributed by atoms with Crippen LogP contribution in [0.1, 0.15) is 85.0 Å². The van der Waals surface area contributed by atoms with Crippen molar-refractivity contribution in [3.8, 4) is 0 Å². The summed E-state index contributed by atoms with van der Waals surface area (Å²) in [6, 6.07) is 0. The molecule has 0 aromatic carbocycles. The van der Waals surface area contributed by atoms with E-state index in [2.05, 4.69) is 37.5 Å². The first-order valence-corrected chi connectivity index (χ1v) is 8.41. The standard InChI is InChI=1S/C18H34N2/c1-5-7-9-11-13-18(14-12-10-8-6-2)17(3)20-16-15-19-4/h15-16,18H,4-14H2,1-3H3/b16-15-,20-17+. The average Bonchev–Trinajstić information content (AvgIpc) is 2.45. The van der Waals surface area contributed by atoms with Crippen molar-refractivity contribution in [3.05, 3.63) is 12.4 Å². The maximum absolute atomic E-state index is 4.51. The topological polar surface area (TPSA) is 24.7 Å². The molecule has 0 rings (SSSR count). The van der Waals surface area contributed by atoms with Crippen molar-refractivity contribution >= 4 is 12.4 Å². The number of nitrogens with zero attached hydrogens (tertiary/aromatic N) is 2. The molecule has 0 fully saturated rings. The minimum absolute atomic E-state index is 0.651. The van der Waals surface area contributed by atoms with Gasteiger partial charge in [-0.25, -0.2) is 0 Å². The van der Waals surface area contributed by atoms with E-state index in [9.17, 15) is 0 Å². The fraction of sp³-hybridized carbons (Fsp3) is 0.778. The molecule has 0 N–H and O–H groups in total. The van der Waals surface area contributed by atoms with Crippen LogP contribution < -0.4 is 0 Å². The molecular formula is C18H34N2. The quantitative estimate of drug-likeness (QED) is 0.284. The van der Waals surface area contributed by atoms with E-state index in [1.165, 1.54) is 69.9 Å². The average molecular weight is 278 g/mol. The molecule has 0 bridgehead atoms. The van der Waals surface area contributed by atoms with Crippen LogP contribution in [-0.4, -0.2) is 12.4 Å². The SMILES string of the molecule is C=N/C=C\N=C(/C)C(CCCCCC)CCCCCC. The van der Waals surface area contributed by atoms with Gasteiger partial charge in [0.2, 0.25) is 0 Å². The molecule has 0 aliphatic heterocycles. The Bertz CT molecular complexity index is 267. The molecule has 2 heteroatoms. The fourth-order valence-corrected chi connectivity index (χ4v) is 2.50. The van der Waals surface area contributed by atoms with Crippen molar-refractivity contribution < 1.29 is 0 Å². The van der Waals surface area contributed by atoms with Crippen LogP contribution >= 0.6 is 0 Å². The summed E-state index contributed by atoms with van der Waals surface area (Å²) in [5, 5.41) is 0. The summed E-state index contributed by atoms with van der Waals surface area (Å²) in [5.74, 6) is 0.651. The van der Waals surface area contributed by atoms with E-state index >= 15 is 0 Å². The Balaban J connectivity index is 4.24. The highest BCUT2D eigenvalue weighted by Crippen LogP contribution is 2.20. The fourth-order valence-electron chi connectivity index (χ4n) is 2.50. The highest BCUT2D eigenvalue weighted by atomic mass is 14.7. The van der Waals surface area contributed by atoms with Gasteiger partial charge in [-0.2, -0.15) is 0 Å². The van der Waals surface area contributed by atoms with E-state index in [1.807, 2.05) is 0 Å². The van der Waals surface area contributed by atoms with E-state index in [0.717, 1.165) is 0 Å². The predicted molar refractivity (Wildman–Crippen MR) is 92.8 cm³/mol. The van der Waals surface area contributed by atoms with E-state index < -0.39 is 0 Å². The third kappa shape index (κ3) is 11.0. The van der Waals surface area contributed by atoms with Crippen molar-refractivity contribution in [2.75, 3.05) is 0 Å². The largest absolute Gasteiger partial charge is 0.271 e. The molecule has 116 valence electrons. The lowest BCUT2D eigenvalue weighted by Crippen LogP contribution is -2.11. The summed E-state index contributed by atoms with van der Waals surface area (Å²) in [6.45, 7) is 10.1. The Labute approximate surface area is 126 Å². The highest BCUT2D eigenvalue weighted by molar-refractivity contribution is 5.84. The Morgan fingerprint density at radius 3 is 1.90 bits per heavy atom. The van der Waals surface area contributed by atoms with Crippen LogP contribution in [0.25, 0.3) is 0 Å². The van der Waals surface area contributed by atoms with Gasteiger partial charge in [-0.05, 0) is 32.4 Å². The molecule has 2 nitrogen and oxygen atoms in total. The molecule has 0 amide bonds. The van der Waals surface area contributed by atoms with Gasteiger partial charge in [0.1, 0.15) is 0 Å². The number of hydrogen-bond acceptors (Lipinski definition) is 2. The van der Waals surface area contributed by atoms with Crippen LogP contribution in [-0.2, 0) is 0 Å². The maximum atomic E-state index is 4.51. The van der Waals surface area contributed by atoms with Gasteiger partial charge in [0.15, 0.2) is 0 Å². The Morgan fingerprint density at radius 2 is 1.45 bits per heavy atom. The van der Waals surface area contributed by atoms with Crippen molar-refractivity contribution in [3.63, 3.8) is 0 Å². The summed E-state index contributed by atoms with van der Waals surface area (Å²) in [6.07, 6.45) is 16.7. The zero-order chi connectivity index (χ0) is 15.1. The first-order valence-electron chi connectivity index (χ1n) is 8.41. The predicted octanol–water partition coefficient (Wildman–Crippen LogP) is 6.18. The second-order valence-corrected chi connectivity index (χ2v) is 5.65. The van der Waals surface area contributed by atoms with Gasteiger partial charge in [-0.3, -0.25) is 9.98 Å². The Kier molecular flexibility index (Phi) is 13.8. The van der Waals surface area contributed by atoms with Gasteiger partial charge in [-0.15, -0.1) is 0 Å². The molecular weight excluding hydrogens is 244 g/mol. The van der Waals surface area contributed by atoms with Crippen LogP contribution in [0.15, 0.2) is 22.4 Å². The van der Waals surface area contributed by atoms with E-state index in [-0.39, 0.29) is 0 Å². The highest BCUT2D eigenvalue weighted by Gasteiger charge is 2.11. The third-order valence-corrected chi connectivity index (χ3v) is 3.85. The minimum atomic E-state index is 0.651. The van der Waals surface area contributed by atoms with Gasteiger partial charge in [0.25, 0.3) is 0 Å². The zero-order valence-electron chi connectivity index (χ0n) is 13.9. The molecule has 0 saturated carbocycles. The lowest BCUT2D eigenvalue weighted by atomic mass is 9.91. The van der Waals surface area contributed by atoms with Crippen LogP contribution in [0.3, 0.4) is 0 Å². The van der Waals surface area contributed by atoms with Crippen LogP contribution in [0.5, 0.6) is 0 Å². The zero-order valence-corrected chi connectivity index (χ0v) is 13.9.